The molecule has 1 aromatic heterocycles. The van der Waals surface area contributed by atoms with Gasteiger partial charge in [0.05, 0.1) is 19.3 Å². The highest BCUT2D eigenvalue weighted by molar-refractivity contribution is 6.29. The molecule has 3 N–H and O–H groups in total. The van der Waals surface area contributed by atoms with Crippen LogP contribution in [-0.2, 0) is 11.3 Å². The van der Waals surface area contributed by atoms with E-state index < -0.39 is 0 Å². The molecule has 1 atom stereocenters. The maximum absolute atomic E-state index is 5.96. The summed E-state index contributed by atoms with van der Waals surface area (Å²) in [6, 6.07) is 21.6. The number of aromatic nitrogens is 2. The maximum atomic E-state index is 5.96. The molecule has 0 bridgehead atoms. The number of hydrogen-bond donors (Lipinski definition) is 2. The van der Waals surface area contributed by atoms with Crippen molar-refractivity contribution in [3.63, 3.8) is 0 Å². The number of rotatable bonds is 7. The Labute approximate surface area is 151 Å². The third-order valence-corrected chi connectivity index (χ3v) is 3.83. The number of nitrogen functional groups attached to an aromatic ring is 1. The van der Waals surface area contributed by atoms with Crippen LogP contribution >= 0.6 is 11.6 Å². The third-order valence-electron chi connectivity index (χ3n) is 3.63. The molecule has 25 heavy (non-hydrogen) atoms. The van der Waals surface area contributed by atoms with Crippen molar-refractivity contribution in [1.82, 2.24) is 9.97 Å². The predicted octanol–water partition coefficient (Wildman–Crippen LogP) is 4.08. The van der Waals surface area contributed by atoms with E-state index in [2.05, 4.69) is 15.3 Å². The highest BCUT2D eigenvalue weighted by Crippen LogP contribution is 2.21. The summed E-state index contributed by atoms with van der Waals surface area (Å²) < 4.78 is 5.90. The molecule has 0 fully saturated rings. The molecule has 128 valence electrons. The molecule has 3 aromatic rings. The van der Waals surface area contributed by atoms with Crippen LogP contribution in [0.2, 0.25) is 5.15 Å². The zero-order chi connectivity index (χ0) is 17.5. The van der Waals surface area contributed by atoms with Gasteiger partial charge in [0, 0.05) is 6.07 Å². The molecule has 6 heteroatoms. The standard InChI is InChI=1S/C19H19ClN4O/c20-17-11-18(24-19(21)23-17)22-16(15-9-5-2-6-10-15)13-25-12-14-7-3-1-4-8-14/h1-11,16H,12-13H2,(H3,21,22,23,24)/t16-/m1/s1. The van der Waals surface area contributed by atoms with Gasteiger partial charge in [-0.25, -0.2) is 4.98 Å². The number of anilines is 2. The minimum absolute atomic E-state index is 0.0877. The number of halogens is 1. The predicted molar refractivity (Wildman–Crippen MR) is 100 cm³/mol. The second-order valence-corrected chi connectivity index (χ2v) is 5.93. The van der Waals surface area contributed by atoms with Crippen LogP contribution < -0.4 is 11.1 Å². The molecule has 0 saturated heterocycles. The number of nitrogens with two attached hydrogens (primary N) is 1. The van der Waals surface area contributed by atoms with E-state index >= 15 is 0 Å². The highest BCUT2D eigenvalue weighted by Gasteiger charge is 2.13. The van der Waals surface area contributed by atoms with Gasteiger partial charge in [0.25, 0.3) is 0 Å². The van der Waals surface area contributed by atoms with Crippen LogP contribution in [0.5, 0.6) is 0 Å². The summed E-state index contributed by atoms with van der Waals surface area (Å²) in [5.41, 5.74) is 7.89. The number of nitrogens with one attached hydrogen (secondary N) is 1. The Morgan fingerprint density at radius 2 is 1.68 bits per heavy atom. The minimum Gasteiger partial charge on any atom is -0.374 e. The summed E-state index contributed by atoms with van der Waals surface area (Å²) >= 11 is 5.96. The molecule has 0 aliphatic rings. The second kappa shape index (κ2) is 8.46. The molecular weight excluding hydrogens is 336 g/mol. The monoisotopic (exact) mass is 354 g/mol. The quantitative estimate of drug-likeness (QED) is 0.625. The first-order chi connectivity index (χ1) is 12.2. The first-order valence-corrected chi connectivity index (χ1v) is 8.32. The van der Waals surface area contributed by atoms with Crippen molar-refractivity contribution in [3.8, 4) is 0 Å². The van der Waals surface area contributed by atoms with Crippen molar-refractivity contribution >= 4 is 23.4 Å². The van der Waals surface area contributed by atoms with Gasteiger partial charge in [-0.3, -0.25) is 0 Å². The van der Waals surface area contributed by atoms with E-state index in [4.69, 9.17) is 22.1 Å². The molecule has 0 radical (unpaired) electrons. The Hall–Kier alpha value is -2.63. The minimum atomic E-state index is -0.0877. The van der Waals surface area contributed by atoms with E-state index in [0.717, 1.165) is 11.1 Å². The smallest absolute Gasteiger partial charge is 0.223 e. The Morgan fingerprint density at radius 1 is 1.00 bits per heavy atom. The van der Waals surface area contributed by atoms with Gasteiger partial charge >= 0.3 is 0 Å². The van der Waals surface area contributed by atoms with E-state index in [-0.39, 0.29) is 12.0 Å². The summed E-state index contributed by atoms with van der Waals surface area (Å²) in [5.74, 6) is 0.696. The molecule has 0 aliphatic heterocycles. The Bertz CT molecular complexity index is 779. The summed E-state index contributed by atoms with van der Waals surface area (Å²) in [4.78, 5) is 8.06. The van der Waals surface area contributed by atoms with Gasteiger partial charge in [0.2, 0.25) is 5.95 Å². The molecule has 0 spiro atoms. The van der Waals surface area contributed by atoms with Gasteiger partial charge in [0.1, 0.15) is 11.0 Å². The maximum Gasteiger partial charge on any atom is 0.223 e. The highest BCUT2D eigenvalue weighted by atomic mass is 35.5. The fourth-order valence-electron chi connectivity index (χ4n) is 2.46. The van der Waals surface area contributed by atoms with Gasteiger partial charge in [-0.1, -0.05) is 72.3 Å². The summed E-state index contributed by atoms with van der Waals surface area (Å²) in [5, 5.41) is 3.62. The van der Waals surface area contributed by atoms with Crippen molar-refractivity contribution in [2.24, 2.45) is 0 Å². The zero-order valence-electron chi connectivity index (χ0n) is 13.6. The third kappa shape index (κ3) is 5.17. The molecule has 0 aliphatic carbocycles. The molecule has 0 unspecified atom stereocenters. The summed E-state index contributed by atoms with van der Waals surface area (Å²) in [7, 11) is 0. The lowest BCUT2D eigenvalue weighted by molar-refractivity contribution is 0.112. The van der Waals surface area contributed by atoms with Gasteiger partial charge in [-0.2, -0.15) is 4.98 Å². The fourth-order valence-corrected chi connectivity index (χ4v) is 2.65. The number of nitrogens with zero attached hydrogens (tertiary/aromatic N) is 2. The van der Waals surface area contributed by atoms with Crippen molar-refractivity contribution in [2.75, 3.05) is 17.7 Å². The molecular formula is C19H19ClN4O. The van der Waals surface area contributed by atoms with Gasteiger partial charge in [0.15, 0.2) is 0 Å². The van der Waals surface area contributed by atoms with Gasteiger partial charge < -0.3 is 15.8 Å². The molecule has 0 amide bonds. The average Bonchev–Trinajstić information content (AvgIpc) is 2.62. The van der Waals surface area contributed by atoms with E-state index in [1.165, 1.54) is 0 Å². The van der Waals surface area contributed by atoms with Crippen LogP contribution in [0.1, 0.15) is 17.2 Å². The van der Waals surface area contributed by atoms with Gasteiger partial charge in [-0.05, 0) is 11.1 Å². The molecule has 5 nitrogen and oxygen atoms in total. The van der Waals surface area contributed by atoms with E-state index in [0.29, 0.717) is 24.2 Å². The molecule has 1 heterocycles. The van der Waals surface area contributed by atoms with Crippen LogP contribution in [0.4, 0.5) is 11.8 Å². The van der Waals surface area contributed by atoms with Crippen LogP contribution in [0.15, 0.2) is 66.7 Å². The normalized spacial score (nSPS) is 11.9. The first-order valence-electron chi connectivity index (χ1n) is 7.94. The Kier molecular flexibility index (Phi) is 5.82. The van der Waals surface area contributed by atoms with Crippen LogP contribution in [0.25, 0.3) is 0 Å². The van der Waals surface area contributed by atoms with E-state index in [1.807, 2.05) is 60.7 Å². The molecule has 0 saturated carbocycles. The van der Waals surface area contributed by atoms with E-state index in [1.54, 1.807) is 6.07 Å². The molecule has 2 aromatic carbocycles. The van der Waals surface area contributed by atoms with Crippen LogP contribution in [0, 0.1) is 0 Å². The number of ether oxygens (including phenoxy) is 1. The van der Waals surface area contributed by atoms with E-state index in [9.17, 15) is 0 Å². The lowest BCUT2D eigenvalue weighted by Crippen LogP contribution is -2.18. The van der Waals surface area contributed by atoms with Crippen molar-refractivity contribution in [2.45, 2.75) is 12.6 Å². The van der Waals surface area contributed by atoms with Crippen LogP contribution in [0.3, 0.4) is 0 Å². The number of hydrogen-bond acceptors (Lipinski definition) is 5. The van der Waals surface area contributed by atoms with Crippen LogP contribution in [-0.4, -0.2) is 16.6 Å². The average molecular weight is 355 g/mol. The first kappa shape index (κ1) is 17.2. The lowest BCUT2D eigenvalue weighted by Gasteiger charge is -2.20. The fraction of sp³-hybridized carbons (Fsp3) is 0.158. The number of benzene rings is 2. The topological polar surface area (TPSA) is 73.1 Å². The lowest BCUT2D eigenvalue weighted by atomic mass is 10.1. The van der Waals surface area contributed by atoms with Crippen molar-refractivity contribution < 1.29 is 4.74 Å². The second-order valence-electron chi connectivity index (χ2n) is 5.54. The Morgan fingerprint density at radius 3 is 2.36 bits per heavy atom. The zero-order valence-corrected chi connectivity index (χ0v) is 14.4. The van der Waals surface area contributed by atoms with Crippen molar-refractivity contribution in [3.05, 3.63) is 83.0 Å². The van der Waals surface area contributed by atoms with Gasteiger partial charge in [-0.15, -0.1) is 0 Å². The summed E-state index contributed by atoms with van der Waals surface area (Å²) in [6.07, 6.45) is 0. The van der Waals surface area contributed by atoms with Crippen molar-refractivity contribution in [1.29, 1.82) is 0 Å². The largest absolute Gasteiger partial charge is 0.374 e. The SMILES string of the molecule is Nc1nc(Cl)cc(N[C@H](COCc2ccccc2)c2ccccc2)n1. The Balaban J connectivity index is 1.71. The molecule has 3 rings (SSSR count). The summed E-state index contributed by atoms with van der Waals surface area (Å²) in [6.45, 7) is 1.01.